The number of likely N-dealkylation sites (tertiary alicyclic amines) is 1. The highest BCUT2D eigenvalue weighted by molar-refractivity contribution is 5.78. The van der Waals surface area contributed by atoms with Crippen LogP contribution in [-0.2, 0) is 4.79 Å². The Balaban J connectivity index is 0.000000378. The maximum Gasteiger partial charge on any atom is 0.222 e. The molecule has 0 aromatic rings. The molecule has 0 aromatic heterocycles. The van der Waals surface area contributed by atoms with Crippen molar-refractivity contribution in [1.29, 1.82) is 0 Å². The molecule has 0 bridgehead atoms. The lowest BCUT2D eigenvalue weighted by molar-refractivity contribution is -0.129. The lowest BCUT2D eigenvalue weighted by atomic mass is 10.1. The summed E-state index contributed by atoms with van der Waals surface area (Å²) in [6.45, 7) is 21.2. The van der Waals surface area contributed by atoms with E-state index in [1.165, 1.54) is 26.2 Å². The van der Waals surface area contributed by atoms with Gasteiger partial charge in [0.1, 0.15) is 0 Å². The van der Waals surface area contributed by atoms with E-state index in [0.29, 0.717) is 23.5 Å². The smallest absolute Gasteiger partial charge is 0.222 e. The van der Waals surface area contributed by atoms with Crippen molar-refractivity contribution >= 4 is 5.91 Å². The average Bonchev–Trinajstić information content (AvgIpc) is 2.94. The third kappa shape index (κ3) is 10.5. The summed E-state index contributed by atoms with van der Waals surface area (Å²) in [6, 6.07) is 1.09. The first-order chi connectivity index (χ1) is 11.9. The fraction of sp³-hybridized carbons (Fsp3) is 0.952. The molecule has 5 heteroatoms. The van der Waals surface area contributed by atoms with Gasteiger partial charge in [-0.25, -0.2) is 0 Å². The summed E-state index contributed by atoms with van der Waals surface area (Å²) in [6.07, 6.45) is 1.81. The van der Waals surface area contributed by atoms with Gasteiger partial charge < -0.3 is 14.7 Å². The minimum Gasteiger partial charge on any atom is -0.340 e. The van der Waals surface area contributed by atoms with E-state index in [1.807, 2.05) is 4.90 Å². The normalized spacial score (nSPS) is 19.6. The van der Waals surface area contributed by atoms with Gasteiger partial charge in [0.15, 0.2) is 0 Å². The highest BCUT2D eigenvalue weighted by atomic mass is 16.2. The molecule has 2 heterocycles. The second-order valence-electron chi connectivity index (χ2n) is 9.30. The van der Waals surface area contributed by atoms with Gasteiger partial charge in [0.2, 0.25) is 5.91 Å². The van der Waals surface area contributed by atoms with Crippen LogP contribution in [0.1, 0.15) is 61.3 Å². The van der Waals surface area contributed by atoms with Crippen LogP contribution < -0.4 is 0 Å². The summed E-state index contributed by atoms with van der Waals surface area (Å²) in [5.74, 6) is 0.324. The van der Waals surface area contributed by atoms with E-state index in [-0.39, 0.29) is 0 Å². The maximum absolute atomic E-state index is 10.9. The van der Waals surface area contributed by atoms with Gasteiger partial charge in [-0.3, -0.25) is 9.69 Å². The van der Waals surface area contributed by atoms with Crippen LogP contribution in [0.3, 0.4) is 0 Å². The van der Waals surface area contributed by atoms with E-state index in [2.05, 4.69) is 84.3 Å². The molecule has 2 rings (SSSR count). The van der Waals surface area contributed by atoms with Crippen LogP contribution in [0.2, 0.25) is 0 Å². The Hall–Kier alpha value is -0.650. The molecule has 0 atom stereocenters. The number of amides is 1. The highest BCUT2D eigenvalue weighted by Gasteiger charge is 2.24. The number of likely N-dealkylation sites (N-methyl/N-ethyl adjacent to an activating group) is 1. The van der Waals surface area contributed by atoms with Crippen molar-refractivity contribution in [3.05, 3.63) is 0 Å². The van der Waals surface area contributed by atoms with Gasteiger partial charge in [-0.2, -0.15) is 0 Å². The lowest BCUT2D eigenvalue weighted by Gasteiger charge is -2.41. The molecule has 2 fully saturated rings. The molecular weight excluding hydrogens is 324 g/mol. The lowest BCUT2D eigenvalue weighted by Crippen LogP contribution is -2.52. The molecule has 2 aliphatic rings. The second-order valence-corrected chi connectivity index (χ2v) is 9.30. The molecule has 2 saturated heterocycles. The van der Waals surface area contributed by atoms with Gasteiger partial charge in [-0.1, -0.05) is 0 Å². The number of hydrogen-bond donors (Lipinski definition) is 0. The standard InChI is InChI=1S/C9H20N2.C7H13NO.C5H13N/c1-9(2,3)11-7-5-10(4)6-8-11;1-6(2)8-5-3-4-7(8)9;1-5(2)6(3)4/h5-8H2,1-4H3;6H,3-5H2,1-2H3;5H,1-4H3. The SMILES string of the molecule is CC(C)N(C)C.CC(C)N1CCCC1=O.CN1CCN(C(C)(C)C)CC1. The summed E-state index contributed by atoms with van der Waals surface area (Å²) in [5, 5.41) is 0. The van der Waals surface area contributed by atoms with Crippen LogP contribution in [0.25, 0.3) is 0 Å². The minimum atomic E-state index is 0.324. The summed E-state index contributed by atoms with van der Waals surface area (Å²) < 4.78 is 0. The molecule has 0 aromatic carbocycles. The van der Waals surface area contributed by atoms with Gasteiger partial charge in [-0.05, 0) is 76.0 Å². The van der Waals surface area contributed by atoms with Crippen LogP contribution in [-0.4, -0.2) is 97.0 Å². The zero-order chi connectivity index (χ0) is 20.5. The molecule has 0 unspecified atom stereocenters. The highest BCUT2D eigenvalue weighted by Crippen LogP contribution is 2.14. The molecule has 0 radical (unpaired) electrons. The van der Waals surface area contributed by atoms with Crippen LogP contribution in [0, 0.1) is 0 Å². The molecule has 0 saturated carbocycles. The van der Waals surface area contributed by atoms with Crippen molar-refractivity contribution < 1.29 is 4.79 Å². The Morgan fingerprint density at radius 1 is 0.923 bits per heavy atom. The van der Waals surface area contributed by atoms with E-state index < -0.39 is 0 Å². The summed E-state index contributed by atoms with van der Waals surface area (Å²) in [7, 11) is 6.34. The molecule has 1 amide bonds. The van der Waals surface area contributed by atoms with Gasteiger partial charge in [0, 0.05) is 56.8 Å². The fourth-order valence-electron chi connectivity index (χ4n) is 2.69. The third-order valence-corrected chi connectivity index (χ3v) is 5.22. The zero-order valence-corrected chi connectivity index (χ0v) is 19.3. The number of carbonyl (C=O) groups excluding carboxylic acids is 1. The number of rotatable bonds is 2. The molecule has 0 aliphatic carbocycles. The number of hydrogen-bond acceptors (Lipinski definition) is 4. The van der Waals surface area contributed by atoms with Crippen molar-refractivity contribution in [1.82, 2.24) is 19.6 Å². The summed E-state index contributed by atoms with van der Waals surface area (Å²) >= 11 is 0. The first-order valence-corrected chi connectivity index (χ1v) is 10.3. The quantitative estimate of drug-likeness (QED) is 0.747. The van der Waals surface area contributed by atoms with Crippen LogP contribution >= 0.6 is 0 Å². The monoisotopic (exact) mass is 370 g/mol. The molecule has 26 heavy (non-hydrogen) atoms. The maximum atomic E-state index is 10.9. The molecule has 5 nitrogen and oxygen atoms in total. The van der Waals surface area contributed by atoms with E-state index in [1.54, 1.807) is 0 Å². The largest absolute Gasteiger partial charge is 0.340 e. The predicted molar refractivity (Wildman–Crippen MR) is 114 cm³/mol. The van der Waals surface area contributed by atoms with Gasteiger partial charge in [-0.15, -0.1) is 0 Å². The van der Waals surface area contributed by atoms with Crippen molar-refractivity contribution in [2.75, 3.05) is 53.9 Å². The van der Waals surface area contributed by atoms with E-state index in [0.717, 1.165) is 19.4 Å². The van der Waals surface area contributed by atoms with Crippen LogP contribution in [0.5, 0.6) is 0 Å². The molecule has 156 valence electrons. The van der Waals surface area contributed by atoms with E-state index >= 15 is 0 Å². The predicted octanol–water partition coefficient (Wildman–Crippen LogP) is 3.01. The van der Waals surface area contributed by atoms with E-state index in [4.69, 9.17) is 0 Å². The molecule has 0 N–H and O–H groups in total. The summed E-state index contributed by atoms with van der Waals surface area (Å²) in [4.78, 5) is 20.0. The van der Waals surface area contributed by atoms with Gasteiger partial charge in [0.05, 0.1) is 0 Å². The molecule has 2 aliphatic heterocycles. The fourth-order valence-corrected chi connectivity index (χ4v) is 2.69. The molecular formula is C21H46N4O. The van der Waals surface area contributed by atoms with Crippen LogP contribution in [0.4, 0.5) is 0 Å². The molecule has 0 spiro atoms. The first-order valence-electron chi connectivity index (χ1n) is 10.3. The Morgan fingerprint density at radius 2 is 1.38 bits per heavy atom. The number of nitrogens with zero attached hydrogens (tertiary/aromatic N) is 4. The first kappa shape index (κ1) is 25.4. The van der Waals surface area contributed by atoms with Crippen LogP contribution in [0.15, 0.2) is 0 Å². The van der Waals surface area contributed by atoms with Crippen molar-refractivity contribution in [2.24, 2.45) is 0 Å². The average molecular weight is 371 g/mol. The van der Waals surface area contributed by atoms with E-state index in [9.17, 15) is 4.79 Å². The summed E-state index contributed by atoms with van der Waals surface area (Å²) in [5.41, 5.74) is 0.362. The number of piperazine rings is 1. The van der Waals surface area contributed by atoms with Crippen molar-refractivity contribution in [3.8, 4) is 0 Å². The number of carbonyl (C=O) groups is 1. The Kier molecular flexibility index (Phi) is 11.6. The van der Waals surface area contributed by atoms with Gasteiger partial charge in [0.25, 0.3) is 0 Å². The Labute approximate surface area is 163 Å². The minimum absolute atomic E-state index is 0.324. The Bertz CT molecular complexity index is 374. The zero-order valence-electron chi connectivity index (χ0n) is 19.3. The van der Waals surface area contributed by atoms with Gasteiger partial charge >= 0.3 is 0 Å². The second kappa shape index (κ2) is 11.9. The third-order valence-electron chi connectivity index (χ3n) is 5.22. The van der Waals surface area contributed by atoms with Crippen molar-refractivity contribution in [2.45, 2.75) is 78.9 Å². The Morgan fingerprint density at radius 3 is 1.62 bits per heavy atom. The van der Waals surface area contributed by atoms with Crippen molar-refractivity contribution in [3.63, 3.8) is 0 Å². The topological polar surface area (TPSA) is 30.0 Å².